The number of hydrogen-bond donors (Lipinski definition) is 2. The Morgan fingerprint density at radius 1 is 1.37 bits per heavy atom. The van der Waals surface area contributed by atoms with Gasteiger partial charge in [0.15, 0.2) is 0 Å². The Kier molecular flexibility index (Phi) is 4.86. The van der Waals surface area contributed by atoms with Crippen molar-refractivity contribution in [2.45, 2.75) is 13.3 Å². The van der Waals surface area contributed by atoms with E-state index in [1.54, 1.807) is 0 Å². The Morgan fingerprint density at radius 2 is 2.11 bits per heavy atom. The molecule has 0 unspecified atom stereocenters. The largest absolute Gasteiger partial charge is 0.463 e. The van der Waals surface area contributed by atoms with Crippen molar-refractivity contribution < 1.29 is 8.95 Å². The summed E-state index contributed by atoms with van der Waals surface area (Å²) >= 11 is 0. The average molecular weight is 286 g/mol. The van der Waals surface area contributed by atoms with Crippen LogP contribution >= 0.6 is 0 Å². The van der Waals surface area contributed by atoms with Gasteiger partial charge in [-0.1, -0.05) is 6.92 Å². The Balaban J connectivity index is 2.16. The highest BCUT2D eigenvalue weighted by atomic mass is 32.2. The van der Waals surface area contributed by atoms with Gasteiger partial charge >= 0.3 is 6.01 Å². The molecule has 1 saturated heterocycles. The molecule has 8 nitrogen and oxygen atoms in total. The van der Waals surface area contributed by atoms with Gasteiger partial charge in [0.05, 0.1) is 6.61 Å². The van der Waals surface area contributed by atoms with Gasteiger partial charge < -0.3 is 9.64 Å². The van der Waals surface area contributed by atoms with Crippen molar-refractivity contribution in [2.24, 2.45) is 5.84 Å². The van der Waals surface area contributed by atoms with E-state index in [2.05, 4.69) is 20.4 Å². The first-order valence-corrected chi connectivity index (χ1v) is 7.67. The molecular weight excluding hydrogens is 268 g/mol. The SMILES string of the molecule is CCCOc1nc(NN)nc(N2CCS(=O)CC2)n1. The number of hydrazine groups is 1. The second-order valence-electron chi connectivity index (χ2n) is 4.07. The quantitative estimate of drug-likeness (QED) is 0.552. The number of hydrogen-bond acceptors (Lipinski definition) is 8. The van der Waals surface area contributed by atoms with Crippen LogP contribution in [0, 0.1) is 0 Å². The van der Waals surface area contributed by atoms with Crippen LogP contribution in [-0.4, -0.2) is 50.4 Å². The highest BCUT2D eigenvalue weighted by Gasteiger charge is 2.19. The summed E-state index contributed by atoms with van der Waals surface area (Å²) in [6.45, 7) is 3.86. The summed E-state index contributed by atoms with van der Waals surface area (Å²) in [5.41, 5.74) is 2.40. The molecular formula is C10H18N6O2S. The Bertz CT molecular complexity index is 448. The molecule has 1 aliphatic rings. The lowest BCUT2D eigenvalue weighted by atomic mass is 10.5. The van der Waals surface area contributed by atoms with Gasteiger partial charge in [0.2, 0.25) is 11.9 Å². The minimum atomic E-state index is -0.736. The van der Waals surface area contributed by atoms with E-state index in [1.807, 2.05) is 11.8 Å². The fraction of sp³-hybridized carbons (Fsp3) is 0.700. The minimum Gasteiger partial charge on any atom is -0.463 e. The van der Waals surface area contributed by atoms with Gasteiger partial charge in [-0.15, -0.1) is 0 Å². The van der Waals surface area contributed by atoms with Crippen LogP contribution in [0.4, 0.5) is 11.9 Å². The van der Waals surface area contributed by atoms with E-state index in [9.17, 15) is 4.21 Å². The van der Waals surface area contributed by atoms with Gasteiger partial charge in [-0.25, -0.2) is 5.84 Å². The zero-order chi connectivity index (χ0) is 13.7. The first-order valence-electron chi connectivity index (χ1n) is 6.18. The van der Waals surface area contributed by atoms with E-state index >= 15 is 0 Å². The third-order valence-corrected chi connectivity index (χ3v) is 3.90. The highest BCUT2D eigenvalue weighted by Crippen LogP contribution is 2.16. The number of nitrogens with zero attached hydrogens (tertiary/aromatic N) is 4. The smallest absolute Gasteiger partial charge is 0.323 e. The van der Waals surface area contributed by atoms with Crippen LogP contribution in [0.5, 0.6) is 6.01 Å². The molecule has 0 amide bonds. The third-order valence-electron chi connectivity index (χ3n) is 2.63. The fourth-order valence-corrected chi connectivity index (χ4v) is 2.70. The van der Waals surface area contributed by atoms with Gasteiger partial charge in [-0.2, -0.15) is 15.0 Å². The molecule has 1 aliphatic heterocycles. The van der Waals surface area contributed by atoms with E-state index in [0.717, 1.165) is 6.42 Å². The molecule has 0 aliphatic carbocycles. The molecule has 1 aromatic rings. The Labute approximate surface area is 114 Å². The van der Waals surface area contributed by atoms with Crippen LogP contribution in [0.3, 0.4) is 0 Å². The molecule has 0 atom stereocenters. The molecule has 0 spiro atoms. The Morgan fingerprint density at radius 3 is 2.74 bits per heavy atom. The molecule has 0 saturated carbocycles. The third kappa shape index (κ3) is 3.74. The Hall–Kier alpha value is -1.48. The lowest BCUT2D eigenvalue weighted by Crippen LogP contribution is -2.39. The van der Waals surface area contributed by atoms with Crippen molar-refractivity contribution in [3.8, 4) is 6.01 Å². The van der Waals surface area contributed by atoms with Gasteiger partial charge in [0.1, 0.15) is 0 Å². The standard InChI is InChI=1S/C10H18N6O2S/c1-2-5-18-10-13-8(15-11)12-9(14-10)16-3-6-19(17)7-4-16/h2-7,11H2,1H3,(H,12,13,14,15). The van der Waals surface area contributed by atoms with Crippen molar-refractivity contribution >= 4 is 22.7 Å². The molecule has 19 heavy (non-hydrogen) atoms. The predicted molar refractivity (Wildman–Crippen MR) is 73.5 cm³/mol. The summed E-state index contributed by atoms with van der Waals surface area (Å²) in [5, 5.41) is 0. The van der Waals surface area contributed by atoms with Crippen LogP contribution < -0.4 is 20.9 Å². The summed E-state index contributed by atoms with van der Waals surface area (Å²) in [6.07, 6.45) is 0.870. The fourth-order valence-electron chi connectivity index (χ4n) is 1.65. The summed E-state index contributed by atoms with van der Waals surface area (Å²) in [5.74, 6) is 7.37. The summed E-state index contributed by atoms with van der Waals surface area (Å²) in [4.78, 5) is 14.4. The number of nitrogen functional groups attached to an aromatic ring is 1. The van der Waals surface area contributed by atoms with Crippen LogP contribution in [-0.2, 0) is 10.8 Å². The molecule has 0 bridgehead atoms. The highest BCUT2D eigenvalue weighted by molar-refractivity contribution is 7.85. The lowest BCUT2D eigenvalue weighted by molar-refractivity contribution is 0.292. The predicted octanol–water partition coefficient (Wildman–Crippen LogP) is -0.485. The number of aromatic nitrogens is 3. The van der Waals surface area contributed by atoms with Crippen LogP contribution in [0.2, 0.25) is 0 Å². The molecule has 9 heteroatoms. The molecule has 2 heterocycles. The van der Waals surface area contributed by atoms with E-state index in [-0.39, 0.29) is 12.0 Å². The summed E-state index contributed by atoms with van der Waals surface area (Å²) in [6, 6.07) is 0.256. The van der Waals surface area contributed by atoms with Crippen molar-refractivity contribution in [1.82, 2.24) is 15.0 Å². The first kappa shape index (κ1) is 13.9. The number of ether oxygens (including phenoxy) is 1. The zero-order valence-electron chi connectivity index (χ0n) is 10.8. The van der Waals surface area contributed by atoms with Crippen molar-refractivity contribution in [3.63, 3.8) is 0 Å². The molecule has 3 N–H and O–H groups in total. The summed E-state index contributed by atoms with van der Waals surface area (Å²) < 4.78 is 16.8. The lowest BCUT2D eigenvalue weighted by Gasteiger charge is -2.26. The normalized spacial score (nSPS) is 16.4. The van der Waals surface area contributed by atoms with Gasteiger partial charge in [0, 0.05) is 35.4 Å². The number of rotatable bonds is 5. The van der Waals surface area contributed by atoms with Gasteiger partial charge in [-0.05, 0) is 6.42 Å². The molecule has 2 rings (SSSR count). The maximum Gasteiger partial charge on any atom is 0.323 e. The first-order chi connectivity index (χ1) is 9.22. The molecule has 0 aromatic carbocycles. The monoisotopic (exact) mass is 286 g/mol. The maximum atomic E-state index is 11.3. The van der Waals surface area contributed by atoms with Crippen molar-refractivity contribution in [3.05, 3.63) is 0 Å². The molecule has 1 fully saturated rings. The van der Waals surface area contributed by atoms with E-state index < -0.39 is 10.8 Å². The van der Waals surface area contributed by atoms with Crippen LogP contribution in [0.1, 0.15) is 13.3 Å². The van der Waals surface area contributed by atoms with Crippen molar-refractivity contribution in [1.29, 1.82) is 0 Å². The van der Waals surface area contributed by atoms with Gasteiger partial charge in [0.25, 0.3) is 0 Å². The number of anilines is 2. The summed E-state index contributed by atoms with van der Waals surface area (Å²) in [7, 11) is -0.736. The topological polar surface area (TPSA) is 106 Å². The van der Waals surface area contributed by atoms with Crippen molar-refractivity contribution in [2.75, 3.05) is 41.5 Å². The van der Waals surface area contributed by atoms with Gasteiger partial charge in [-0.3, -0.25) is 9.63 Å². The number of nitrogens with two attached hydrogens (primary N) is 1. The molecule has 106 valence electrons. The molecule has 0 radical (unpaired) electrons. The maximum absolute atomic E-state index is 11.3. The second-order valence-corrected chi connectivity index (χ2v) is 5.77. The second kappa shape index (κ2) is 6.62. The van der Waals surface area contributed by atoms with Crippen LogP contribution in [0.25, 0.3) is 0 Å². The average Bonchev–Trinajstić information content (AvgIpc) is 2.45. The van der Waals surface area contributed by atoms with E-state index in [0.29, 0.717) is 37.2 Å². The van der Waals surface area contributed by atoms with Crippen LogP contribution in [0.15, 0.2) is 0 Å². The minimum absolute atomic E-state index is 0.256. The zero-order valence-corrected chi connectivity index (χ0v) is 11.7. The molecule has 1 aromatic heterocycles. The number of nitrogens with one attached hydrogen (secondary N) is 1. The van der Waals surface area contributed by atoms with E-state index in [1.165, 1.54) is 0 Å². The van der Waals surface area contributed by atoms with E-state index in [4.69, 9.17) is 10.6 Å².